The third-order valence-corrected chi connectivity index (χ3v) is 10.1. The van der Waals surface area contributed by atoms with E-state index in [1.54, 1.807) is 34.7 Å². The normalized spacial score (nSPS) is 22.6. The molecular formula is C35H55BN4O6. The summed E-state index contributed by atoms with van der Waals surface area (Å²) in [5, 5.41) is 6.40. The quantitative estimate of drug-likeness (QED) is 0.357. The van der Waals surface area contributed by atoms with Gasteiger partial charge in [0.05, 0.1) is 17.2 Å². The molecule has 11 heteroatoms. The van der Waals surface area contributed by atoms with Gasteiger partial charge in [-0.15, -0.1) is 0 Å². The Morgan fingerprint density at radius 1 is 1.02 bits per heavy atom. The lowest BCUT2D eigenvalue weighted by Crippen LogP contribution is -2.54. The second-order valence-electron chi connectivity index (χ2n) is 15.2. The summed E-state index contributed by atoms with van der Waals surface area (Å²) < 4.78 is 18.1. The van der Waals surface area contributed by atoms with Gasteiger partial charge in [0.1, 0.15) is 17.7 Å². The van der Waals surface area contributed by atoms with Crippen LogP contribution < -0.4 is 16.1 Å². The van der Waals surface area contributed by atoms with Crippen LogP contribution in [-0.4, -0.2) is 83.3 Å². The molecule has 1 aromatic rings. The largest absolute Gasteiger partial charge is 0.496 e. The summed E-state index contributed by atoms with van der Waals surface area (Å²) in [7, 11) is 0.966. The number of hydrogen-bond acceptors (Lipinski definition) is 7. The van der Waals surface area contributed by atoms with E-state index in [1.165, 1.54) is 11.3 Å². The molecule has 46 heavy (non-hydrogen) atoms. The molecule has 254 valence electrons. The predicted octanol–water partition coefficient (Wildman–Crippen LogP) is 5.22. The molecule has 4 rings (SSSR count). The molecular weight excluding hydrogens is 583 g/mol. The zero-order valence-corrected chi connectivity index (χ0v) is 29.4. The van der Waals surface area contributed by atoms with Crippen molar-refractivity contribution in [3.05, 3.63) is 36.5 Å². The molecule has 3 aliphatic rings. The molecule has 2 saturated heterocycles. The van der Waals surface area contributed by atoms with Gasteiger partial charge in [-0.25, -0.2) is 4.79 Å². The smallest absolute Gasteiger partial charge is 0.444 e. The molecule has 3 amide bonds. The maximum absolute atomic E-state index is 13.9. The van der Waals surface area contributed by atoms with E-state index in [0.29, 0.717) is 18.7 Å². The van der Waals surface area contributed by atoms with E-state index < -0.39 is 42.1 Å². The van der Waals surface area contributed by atoms with Gasteiger partial charge in [0.25, 0.3) is 0 Å². The van der Waals surface area contributed by atoms with Crippen molar-refractivity contribution in [1.82, 2.24) is 15.1 Å². The van der Waals surface area contributed by atoms with Gasteiger partial charge in [-0.05, 0) is 93.1 Å². The average molecular weight is 639 g/mol. The number of likely N-dealkylation sites (tertiary alicyclic amines) is 1. The summed E-state index contributed by atoms with van der Waals surface area (Å²) in [6.07, 6.45) is 6.21. The van der Waals surface area contributed by atoms with Crippen LogP contribution in [0.3, 0.4) is 0 Å². The molecule has 10 nitrogen and oxygen atoms in total. The van der Waals surface area contributed by atoms with Crippen LogP contribution in [0.15, 0.2) is 36.5 Å². The fourth-order valence-corrected chi connectivity index (χ4v) is 6.45. The second kappa shape index (κ2) is 14.0. The van der Waals surface area contributed by atoms with Crippen molar-refractivity contribution < 1.29 is 28.4 Å². The summed E-state index contributed by atoms with van der Waals surface area (Å²) in [6, 6.07) is 6.06. The standard InChI is InChI=1S/C35H55BN4O6/c1-23(29(25-17-12-11-13-18-25)38-30(41)24(2)39(10)32(43)44-33(3,4)5)40-22-16-21-28(40)31(42)37-27-20-15-14-19-26(27)36-45-34(6,7)35(8,9)46-36/h14-15,19-20,24-25,28-29H,1,11-13,16-18,21-22H2,2-10H3,(H,37,42)(H,38,41)/t24-,28-,29+/m0/s1. The number of hydrogen-bond donors (Lipinski definition) is 2. The molecule has 0 aromatic heterocycles. The number of benzene rings is 1. The first kappa shape index (κ1) is 35.8. The highest BCUT2D eigenvalue weighted by atomic mass is 16.7. The number of carbonyl (C=O) groups is 3. The van der Waals surface area contributed by atoms with Crippen molar-refractivity contribution in [3.8, 4) is 0 Å². The van der Waals surface area contributed by atoms with Gasteiger partial charge in [-0.1, -0.05) is 44.0 Å². The minimum absolute atomic E-state index is 0.130. The Morgan fingerprint density at radius 3 is 2.24 bits per heavy atom. The van der Waals surface area contributed by atoms with Crippen LogP contribution in [0.25, 0.3) is 0 Å². The molecule has 2 N–H and O–H groups in total. The van der Waals surface area contributed by atoms with E-state index in [0.717, 1.165) is 43.3 Å². The summed E-state index contributed by atoms with van der Waals surface area (Å²) in [4.78, 5) is 43.7. The lowest BCUT2D eigenvalue weighted by atomic mass is 9.77. The van der Waals surface area contributed by atoms with Gasteiger partial charge >= 0.3 is 13.2 Å². The van der Waals surface area contributed by atoms with Gasteiger partial charge < -0.3 is 29.6 Å². The molecule has 1 saturated carbocycles. The number of ether oxygens (including phenoxy) is 1. The fourth-order valence-electron chi connectivity index (χ4n) is 6.45. The fraction of sp³-hybridized carbons (Fsp3) is 0.686. The highest BCUT2D eigenvalue weighted by Gasteiger charge is 2.52. The van der Waals surface area contributed by atoms with Crippen LogP contribution in [0.5, 0.6) is 0 Å². The highest BCUT2D eigenvalue weighted by molar-refractivity contribution is 6.64. The van der Waals surface area contributed by atoms with Gasteiger partial charge in [-0.2, -0.15) is 0 Å². The Balaban J connectivity index is 1.50. The maximum Gasteiger partial charge on any atom is 0.496 e. The Bertz CT molecular complexity index is 1270. The first-order valence-electron chi connectivity index (χ1n) is 16.9. The third-order valence-electron chi connectivity index (χ3n) is 10.1. The number of likely N-dealkylation sites (N-methyl/N-ethyl adjacent to an activating group) is 1. The summed E-state index contributed by atoms with van der Waals surface area (Å²) in [6.45, 7) is 20.3. The number of anilines is 1. The Hall–Kier alpha value is -3.05. The van der Waals surface area contributed by atoms with Crippen LogP contribution >= 0.6 is 0 Å². The zero-order valence-electron chi connectivity index (χ0n) is 29.4. The minimum Gasteiger partial charge on any atom is -0.444 e. The number of nitrogens with one attached hydrogen (secondary N) is 2. The number of amides is 3. The second-order valence-corrected chi connectivity index (χ2v) is 15.2. The van der Waals surface area contributed by atoms with Gasteiger partial charge in [-0.3, -0.25) is 14.5 Å². The van der Waals surface area contributed by atoms with Crippen molar-refractivity contribution in [3.63, 3.8) is 0 Å². The van der Waals surface area contributed by atoms with Gasteiger partial charge in [0.2, 0.25) is 11.8 Å². The van der Waals surface area contributed by atoms with Crippen molar-refractivity contribution in [2.45, 2.75) is 135 Å². The lowest BCUT2D eigenvalue weighted by Gasteiger charge is -2.39. The Labute approximate surface area is 276 Å². The van der Waals surface area contributed by atoms with Crippen molar-refractivity contribution >= 4 is 36.2 Å². The highest BCUT2D eigenvalue weighted by Crippen LogP contribution is 2.37. The predicted molar refractivity (Wildman–Crippen MR) is 182 cm³/mol. The molecule has 2 heterocycles. The molecule has 3 fully saturated rings. The summed E-state index contributed by atoms with van der Waals surface area (Å²) in [5.41, 5.74) is 0.479. The first-order valence-corrected chi connectivity index (χ1v) is 16.9. The molecule has 0 unspecified atom stereocenters. The monoisotopic (exact) mass is 638 g/mol. The molecule has 0 bridgehead atoms. The molecule has 2 aliphatic heterocycles. The third kappa shape index (κ3) is 8.08. The van der Waals surface area contributed by atoms with E-state index in [2.05, 4.69) is 22.1 Å². The SMILES string of the molecule is C=C([C@@H](NC(=O)[C@H](C)N(C)C(=O)OC(C)(C)C)C1CCCCC1)N1CCC[C@H]1C(=O)Nc1ccccc1B1OC(C)(C)C(C)(C)O1. The number of rotatable bonds is 9. The van der Waals surface area contributed by atoms with Crippen molar-refractivity contribution in [2.75, 3.05) is 18.9 Å². The summed E-state index contributed by atoms with van der Waals surface area (Å²) >= 11 is 0. The Morgan fingerprint density at radius 2 is 1.63 bits per heavy atom. The molecule has 3 atom stereocenters. The van der Waals surface area contributed by atoms with Gasteiger partial charge in [0, 0.05) is 30.4 Å². The van der Waals surface area contributed by atoms with Crippen LogP contribution in [0, 0.1) is 5.92 Å². The average Bonchev–Trinajstić information content (AvgIpc) is 3.56. The van der Waals surface area contributed by atoms with Crippen LogP contribution in [0.2, 0.25) is 0 Å². The number of carbonyl (C=O) groups excluding carboxylic acids is 3. The van der Waals surface area contributed by atoms with E-state index in [4.69, 9.17) is 14.0 Å². The number of para-hydroxylation sites is 1. The van der Waals surface area contributed by atoms with E-state index in [9.17, 15) is 14.4 Å². The van der Waals surface area contributed by atoms with E-state index >= 15 is 0 Å². The van der Waals surface area contributed by atoms with Gasteiger partial charge in [0.15, 0.2) is 0 Å². The molecule has 1 aliphatic carbocycles. The first-order chi connectivity index (χ1) is 21.4. The zero-order chi connectivity index (χ0) is 34.0. The van der Waals surface area contributed by atoms with Crippen LogP contribution in [-0.2, 0) is 23.6 Å². The van der Waals surface area contributed by atoms with Crippen molar-refractivity contribution in [2.24, 2.45) is 5.92 Å². The minimum atomic E-state index is -0.752. The number of nitrogens with zero attached hydrogens (tertiary/aromatic N) is 2. The van der Waals surface area contributed by atoms with E-state index in [-0.39, 0.29) is 23.8 Å². The lowest BCUT2D eigenvalue weighted by molar-refractivity contribution is -0.126. The molecule has 0 radical (unpaired) electrons. The Kier molecular flexibility index (Phi) is 10.9. The van der Waals surface area contributed by atoms with Crippen LogP contribution in [0.1, 0.15) is 100 Å². The summed E-state index contributed by atoms with van der Waals surface area (Å²) in [5.74, 6) is -0.214. The van der Waals surface area contributed by atoms with Crippen LogP contribution in [0.4, 0.5) is 10.5 Å². The topological polar surface area (TPSA) is 109 Å². The molecule has 0 spiro atoms. The molecule has 1 aromatic carbocycles. The van der Waals surface area contributed by atoms with Crippen molar-refractivity contribution in [1.29, 1.82) is 0 Å². The maximum atomic E-state index is 13.9. The van der Waals surface area contributed by atoms with E-state index in [1.807, 2.05) is 52.0 Å².